The number of carbonyl (C=O) groups excluding carboxylic acids is 1. The highest BCUT2D eigenvalue weighted by atomic mass is 79.9. The second-order valence-electron chi connectivity index (χ2n) is 9.97. The Hall–Kier alpha value is -3.77. The van der Waals surface area contributed by atoms with Crippen molar-refractivity contribution in [1.82, 2.24) is 4.57 Å². The summed E-state index contributed by atoms with van der Waals surface area (Å²) in [6, 6.07) is 13.1. The number of halogens is 3. The number of benzene rings is 3. The van der Waals surface area contributed by atoms with Gasteiger partial charge in [-0.2, -0.15) is 0 Å². The van der Waals surface area contributed by atoms with E-state index in [1.54, 1.807) is 69.5 Å². The molecule has 1 aromatic heterocycles. The molecular weight excluding hydrogens is 719 g/mol. The van der Waals surface area contributed by atoms with Crippen LogP contribution in [0.15, 0.2) is 74.1 Å². The molecule has 0 saturated carbocycles. The number of allylic oxidation sites excluding steroid dienone is 1. The highest BCUT2D eigenvalue weighted by Gasteiger charge is 2.35. The summed E-state index contributed by atoms with van der Waals surface area (Å²) in [5.74, 6) is 1.34. The number of thiazole rings is 1. The average molecular weight is 748 g/mol. The third-order valence-corrected chi connectivity index (χ3v) is 9.34. The van der Waals surface area contributed by atoms with Crippen molar-refractivity contribution >= 4 is 62.5 Å². The van der Waals surface area contributed by atoms with Crippen molar-refractivity contribution in [1.29, 1.82) is 0 Å². The minimum atomic E-state index is -0.876. The second-order valence-corrected chi connectivity index (χ2v) is 12.7. The average Bonchev–Trinajstić information content (AvgIpc) is 3.33. The van der Waals surface area contributed by atoms with Gasteiger partial charge in [0.1, 0.15) is 24.1 Å². The number of aromatic nitrogens is 1. The maximum Gasteiger partial charge on any atom is 0.338 e. The van der Waals surface area contributed by atoms with Crippen LogP contribution in [-0.2, 0) is 16.1 Å². The van der Waals surface area contributed by atoms with E-state index >= 15 is 0 Å². The number of hydrogen-bond acceptors (Lipinski definition) is 9. The van der Waals surface area contributed by atoms with E-state index in [2.05, 4.69) is 20.9 Å². The van der Waals surface area contributed by atoms with Crippen molar-refractivity contribution in [3.05, 3.63) is 111 Å². The van der Waals surface area contributed by atoms with Crippen molar-refractivity contribution in [2.45, 2.75) is 26.5 Å². The maximum atomic E-state index is 14.2. The fraction of sp³-hybridized carbons (Fsp3) is 0.242. The Morgan fingerprint density at radius 3 is 2.48 bits per heavy atom. The lowest BCUT2D eigenvalue weighted by atomic mass is 9.94. The summed E-state index contributed by atoms with van der Waals surface area (Å²) in [7, 11) is 4.60. The Kier molecular flexibility index (Phi) is 10.5. The van der Waals surface area contributed by atoms with Crippen LogP contribution in [0.1, 0.15) is 36.6 Å². The van der Waals surface area contributed by atoms with Gasteiger partial charge in [-0.05, 0) is 83.9 Å². The van der Waals surface area contributed by atoms with Gasteiger partial charge in [0.2, 0.25) is 0 Å². The molecule has 2 heterocycles. The lowest BCUT2D eigenvalue weighted by Gasteiger charge is -2.26. The van der Waals surface area contributed by atoms with Crippen molar-refractivity contribution < 1.29 is 28.5 Å². The summed E-state index contributed by atoms with van der Waals surface area (Å²) in [5.41, 5.74) is 2.30. The van der Waals surface area contributed by atoms with Crippen LogP contribution in [0.2, 0.25) is 10.0 Å². The van der Waals surface area contributed by atoms with Gasteiger partial charge in [-0.25, -0.2) is 9.79 Å². The molecule has 1 aliphatic rings. The normalized spacial score (nSPS) is 14.4. The lowest BCUT2D eigenvalue weighted by molar-refractivity contribution is -0.139. The second kappa shape index (κ2) is 14.3. The molecule has 0 fully saturated rings. The molecule has 0 spiro atoms. The van der Waals surface area contributed by atoms with Crippen LogP contribution in [0, 0.1) is 0 Å². The summed E-state index contributed by atoms with van der Waals surface area (Å²) < 4.78 is 30.7. The first-order valence-corrected chi connectivity index (χ1v) is 16.3. The highest BCUT2D eigenvalue weighted by molar-refractivity contribution is 9.10. The van der Waals surface area contributed by atoms with E-state index < -0.39 is 12.0 Å². The van der Waals surface area contributed by atoms with Gasteiger partial charge in [-0.15, -0.1) is 0 Å². The standard InChI is InChI=1S/C33H29BrCl2N2O7S/c1-6-44-32(40)28-17(2)37-33-38(29(28)22-15-21(41-3)9-10-25(22)42-4)31(39)27(46-33)13-18-11-23(34)30(26(12-18)43-5)45-16-19-7-8-20(35)14-24(19)36/h7-15,29H,6,16H2,1-5H3/b27-13-/t29-/m1/s1. The predicted octanol–water partition coefficient (Wildman–Crippen LogP) is 6.47. The summed E-state index contributed by atoms with van der Waals surface area (Å²) in [4.78, 5) is 32.5. The molecule has 4 aromatic rings. The molecular formula is C33H29BrCl2N2O7S. The van der Waals surface area contributed by atoms with Crippen molar-refractivity contribution in [3.63, 3.8) is 0 Å². The van der Waals surface area contributed by atoms with E-state index in [0.717, 1.165) is 5.56 Å². The summed E-state index contributed by atoms with van der Waals surface area (Å²) >= 11 is 17.1. The van der Waals surface area contributed by atoms with E-state index in [9.17, 15) is 9.59 Å². The van der Waals surface area contributed by atoms with Gasteiger partial charge in [-0.1, -0.05) is 40.6 Å². The zero-order chi connectivity index (χ0) is 33.1. The molecule has 13 heteroatoms. The van der Waals surface area contributed by atoms with Gasteiger partial charge < -0.3 is 23.7 Å². The Morgan fingerprint density at radius 1 is 1.04 bits per heavy atom. The maximum absolute atomic E-state index is 14.2. The molecule has 0 aliphatic carbocycles. The van der Waals surface area contributed by atoms with Crippen LogP contribution in [0.3, 0.4) is 0 Å². The Morgan fingerprint density at radius 2 is 1.80 bits per heavy atom. The lowest BCUT2D eigenvalue weighted by Crippen LogP contribution is -2.40. The number of rotatable bonds is 10. The van der Waals surface area contributed by atoms with Crippen LogP contribution in [0.4, 0.5) is 0 Å². The molecule has 9 nitrogen and oxygen atoms in total. The molecule has 0 N–H and O–H groups in total. The third-order valence-electron chi connectivity index (χ3n) is 7.19. The Bertz CT molecular complexity index is 2040. The number of carbonyl (C=O) groups is 1. The van der Waals surface area contributed by atoms with E-state index in [1.165, 1.54) is 30.1 Å². The molecule has 0 bridgehead atoms. The van der Waals surface area contributed by atoms with Gasteiger partial charge in [0.15, 0.2) is 16.3 Å². The van der Waals surface area contributed by atoms with E-state index in [1.807, 2.05) is 6.07 Å². The van der Waals surface area contributed by atoms with E-state index in [0.29, 0.717) is 63.7 Å². The van der Waals surface area contributed by atoms with Gasteiger partial charge in [0.05, 0.1) is 48.2 Å². The number of hydrogen-bond donors (Lipinski definition) is 0. The summed E-state index contributed by atoms with van der Waals surface area (Å²) in [6.45, 7) is 3.78. The molecule has 0 saturated heterocycles. The Labute approximate surface area is 287 Å². The number of nitrogens with zero attached hydrogens (tertiary/aromatic N) is 2. The van der Waals surface area contributed by atoms with E-state index in [4.69, 9.17) is 46.9 Å². The first kappa shape index (κ1) is 33.6. The van der Waals surface area contributed by atoms with Crippen LogP contribution in [0.5, 0.6) is 23.0 Å². The van der Waals surface area contributed by atoms with Crippen LogP contribution < -0.4 is 33.8 Å². The minimum absolute atomic E-state index is 0.158. The first-order chi connectivity index (χ1) is 22.1. The molecule has 1 atom stereocenters. The largest absolute Gasteiger partial charge is 0.497 e. The SMILES string of the molecule is CCOC(=O)C1=C(C)N=c2s/c(=C\c3cc(Br)c(OCc4ccc(Cl)cc4Cl)c(OC)c3)c(=O)n2[C@@H]1c1cc(OC)ccc1OC. The number of fused-ring (bicyclic) bond motifs is 1. The molecule has 1 aliphatic heterocycles. The van der Waals surface area contributed by atoms with Crippen molar-refractivity contribution in [2.75, 3.05) is 27.9 Å². The van der Waals surface area contributed by atoms with Crippen molar-refractivity contribution in [3.8, 4) is 23.0 Å². The fourth-order valence-electron chi connectivity index (χ4n) is 5.04. The van der Waals surface area contributed by atoms with Gasteiger partial charge in [-0.3, -0.25) is 9.36 Å². The van der Waals surface area contributed by atoms with Gasteiger partial charge in [0, 0.05) is 21.2 Å². The van der Waals surface area contributed by atoms with E-state index in [-0.39, 0.29) is 24.3 Å². The van der Waals surface area contributed by atoms with Gasteiger partial charge >= 0.3 is 5.97 Å². The summed E-state index contributed by atoms with van der Waals surface area (Å²) in [6.07, 6.45) is 1.74. The van der Waals surface area contributed by atoms with Crippen LogP contribution >= 0.6 is 50.5 Å². The molecule has 0 unspecified atom stereocenters. The first-order valence-electron chi connectivity index (χ1n) is 14.0. The molecule has 3 aromatic carbocycles. The molecule has 240 valence electrons. The topological polar surface area (TPSA) is 97.6 Å². The monoisotopic (exact) mass is 746 g/mol. The number of methoxy groups -OCH3 is 3. The van der Waals surface area contributed by atoms with Gasteiger partial charge in [0.25, 0.3) is 5.56 Å². The zero-order valence-electron chi connectivity index (χ0n) is 25.5. The van der Waals surface area contributed by atoms with Crippen LogP contribution in [-0.4, -0.2) is 38.5 Å². The zero-order valence-corrected chi connectivity index (χ0v) is 29.4. The molecule has 5 rings (SSSR count). The molecule has 0 amide bonds. The number of esters is 1. The fourth-order valence-corrected chi connectivity index (χ4v) is 7.13. The van der Waals surface area contributed by atoms with Crippen LogP contribution in [0.25, 0.3) is 6.08 Å². The minimum Gasteiger partial charge on any atom is -0.497 e. The number of ether oxygens (including phenoxy) is 5. The predicted molar refractivity (Wildman–Crippen MR) is 181 cm³/mol. The summed E-state index contributed by atoms with van der Waals surface area (Å²) in [5, 5.41) is 1.02. The molecule has 46 heavy (non-hydrogen) atoms. The highest BCUT2D eigenvalue weighted by Crippen LogP contribution is 2.39. The molecule has 0 radical (unpaired) electrons. The quantitative estimate of drug-likeness (QED) is 0.172. The van der Waals surface area contributed by atoms with Crippen molar-refractivity contribution in [2.24, 2.45) is 4.99 Å². The Balaban J connectivity index is 1.61. The smallest absolute Gasteiger partial charge is 0.338 e. The third kappa shape index (κ3) is 6.69.